The van der Waals surface area contributed by atoms with E-state index >= 15 is 0 Å². The lowest BCUT2D eigenvalue weighted by Gasteiger charge is -2.34. The van der Waals surface area contributed by atoms with E-state index in [0.717, 1.165) is 50.2 Å². The number of carbonyl (C=O) groups is 1. The van der Waals surface area contributed by atoms with Crippen LogP contribution in [0.25, 0.3) is 0 Å². The summed E-state index contributed by atoms with van der Waals surface area (Å²) in [7, 11) is 0. The van der Waals surface area contributed by atoms with Gasteiger partial charge in [-0.3, -0.25) is 9.78 Å². The van der Waals surface area contributed by atoms with Gasteiger partial charge in [0.05, 0.1) is 17.7 Å². The first kappa shape index (κ1) is 20.5. The van der Waals surface area contributed by atoms with Crippen LogP contribution < -0.4 is 0 Å². The summed E-state index contributed by atoms with van der Waals surface area (Å²) in [5.41, 5.74) is 2.05. The van der Waals surface area contributed by atoms with Crippen molar-refractivity contribution in [3.8, 4) is 0 Å². The molecule has 5 nitrogen and oxygen atoms in total. The quantitative estimate of drug-likeness (QED) is 0.706. The fraction of sp³-hybridized carbons (Fsp3) is 0.478. The van der Waals surface area contributed by atoms with Gasteiger partial charge in [0, 0.05) is 19.3 Å². The second kappa shape index (κ2) is 10.3. The maximum absolute atomic E-state index is 11.2. The average molecular weight is 383 g/mol. The molecular formula is C23H30N2O3. The van der Waals surface area contributed by atoms with E-state index < -0.39 is 5.97 Å². The minimum absolute atomic E-state index is 0.157. The molecule has 28 heavy (non-hydrogen) atoms. The SMILES string of the molecule is CCC(CCN1CCC(OC(c2ccccc2)c2ccccn2)CC1)C(=O)O. The summed E-state index contributed by atoms with van der Waals surface area (Å²) in [5.74, 6) is -0.914. The zero-order chi connectivity index (χ0) is 19.8. The number of hydrogen-bond acceptors (Lipinski definition) is 4. The number of hydrogen-bond donors (Lipinski definition) is 1. The monoisotopic (exact) mass is 382 g/mol. The fourth-order valence-electron chi connectivity index (χ4n) is 3.78. The third-order valence-electron chi connectivity index (χ3n) is 5.56. The van der Waals surface area contributed by atoms with Crippen LogP contribution in [0.5, 0.6) is 0 Å². The molecule has 1 fully saturated rings. The van der Waals surface area contributed by atoms with Gasteiger partial charge in [-0.05, 0) is 49.9 Å². The Bertz CT molecular complexity index is 676. The topological polar surface area (TPSA) is 62.7 Å². The molecule has 1 aliphatic heterocycles. The third-order valence-corrected chi connectivity index (χ3v) is 5.56. The Kier molecular flexibility index (Phi) is 7.57. The normalized spacial score (nSPS) is 17.9. The van der Waals surface area contributed by atoms with E-state index in [4.69, 9.17) is 4.74 Å². The van der Waals surface area contributed by atoms with Crippen molar-refractivity contribution in [1.82, 2.24) is 9.88 Å². The largest absolute Gasteiger partial charge is 0.481 e. The first-order chi connectivity index (χ1) is 13.7. The van der Waals surface area contributed by atoms with Crippen molar-refractivity contribution in [2.24, 2.45) is 5.92 Å². The zero-order valence-corrected chi connectivity index (χ0v) is 16.5. The molecule has 1 aromatic carbocycles. The number of aromatic nitrogens is 1. The summed E-state index contributed by atoms with van der Waals surface area (Å²) < 4.78 is 6.51. The van der Waals surface area contributed by atoms with Crippen LogP contribution >= 0.6 is 0 Å². The molecule has 0 saturated carbocycles. The molecule has 1 aromatic heterocycles. The molecule has 3 rings (SSSR count). The Morgan fingerprint density at radius 3 is 2.50 bits per heavy atom. The second-order valence-corrected chi connectivity index (χ2v) is 7.45. The molecular weight excluding hydrogens is 352 g/mol. The van der Waals surface area contributed by atoms with Gasteiger partial charge in [-0.1, -0.05) is 43.3 Å². The van der Waals surface area contributed by atoms with Gasteiger partial charge in [0.1, 0.15) is 6.10 Å². The van der Waals surface area contributed by atoms with Crippen molar-refractivity contribution in [1.29, 1.82) is 0 Å². The number of nitrogens with zero attached hydrogens (tertiary/aromatic N) is 2. The molecule has 2 aromatic rings. The van der Waals surface area contributed by atoms with Crippen molar-refractivity contribution in [2.75, 3.05) is 19.6 Å². The summed E-state index contributed by atoms with van der Waals surface area (Å²) in [5, 5.41) is 9.22. The smallest absolute Gasteiger partial charge is 0.306 e. The molecule has 1 N–H and O–H groups in total. The number of rotatable bonds is 9. The van der Waals surface area contributed by atoms with Crippen molar-refractivity contribution >= 4 is 5.97 Å². The first-order valence-corrected chi connectivity index (χ1v) is 10.2. The van der Waals surface area contributed by atoms with Crippen molar-refractivity contribution < 1.29 is 14.6 Å². The summed E-state index contributed by atoms with van der Waals surface area (Å²) >= 11 is 0. The van der Waals surface area contributed by atoms with Gasteiger partial charge in [-0.25, -0.2) is 0 Å². The highest BCUT2D eigenvalue weighted by Gasteiger charge is 2.26. The van der Waals surface area contributed by atoms with E-state index in [1.807, 2.05) is 49.5 Å². The summed E-state index contributed by atoms with van der Waals surface area (Å²) in [6.07, 6.45) is 5.17. The predicted molar refractivity (Wildman–Crippen MR) is 109 cm³/mol. The number of pyridine rings is 1. The van der Waals surface area contributed by atoms with Gasteiger partial charge in [0.15, 0.2) is 0 Å². The molecule has 2 heterocycles. The third kappa shape index (κ3) is 5.63. The Morgan fingerprint density at radius 1 is 1.18 bits per heavy atom. The molecule has 0 bridgehead atoms. The van der Waals surface area contributed by atoms with Gasteiger partial charge < -0.3 is 14.7 Å². The molecule has 1 aliphatic rings. The lowest BCUT2D eigenvalue weighted by molar-refractivity contribution is -0.142. The highest BCUT2D eigenvalue weighted by molar-refractivity contribution is 5.69. The van der Waals surface area contributed by atoms with Gasteiger partial charge >= 0.3 is 5.97 Å². The number of benzene rings is 1. The van der Waals surface area contributed by atoms with E-state index in [1.165, 1.54) is 0 Å². The number of carboxylic acid groups (broad SMARTS) is 1. The predicted octanol–water partition coefficient (Wildman–Crippen LogP) is 4.15. The van der Waals surface area contributed by atoms with Gasteiger partial charge in [0.2, 0.25) is 0 Å². The first-order valence-electron chi connectivity index (χ1n) is 10.2. The minimum Gasteiger partial charge on any atom is -0.481 e. The number of piperidine rings is 1. The molecule has 1 saturated heterocycles. The summed E-state index contributed by atoms with van der Waals surface area (Å²) in [6.45, 7) is 4.69. The highest BCUT2D eigenvalue weighted by atomic mass is 16.5. The van der Waals surface area contributed by atoms with E-state index in [9.17, 15) is 9.90 Å². The molecule has 5 heteroatoms. The lowest BCUT2D eigenvalue weighted by Crippen LogP contribution is -2.39. The molecule has 0 aliphatic carbocycles. The average Bonchev–Trinajstić information content (AvgIpc) is 2.74. The number of likely N-dealkylation sites (tertiary alicyclic amines) is 1. The number of carboxylic acids is 1. The molecule has 0 radical (unpaired) electrons. The number of ether oxygens (including phenoxy) is 1. The van der Waals surface area contributed by atoms with Crippen molar-refractivity contribution in [2.45, 2.75) is 44.8 Å². The van der Waals surface area contributed by atoms with E-state index in [2.05, 4.69) is 22.0 Å². The van der Waals surface area contributed by atoms with Crippen molar-refractivity contribution in [3.63, 3.8) is 0 Å². The second-order valence-electron chi connectivity index (χ2n) is 7.45. The standard InChI is InChI=1S/C23H30N2O3/c1-2-18(23(26)27)11-15-25-16-12-20(13-17-25)28-22(19-8-4-3-5-9-19)21-10-6-7-14-24-21/h3-10,14,18,20,22H,2,11-13,15-17H2,1H3,(H,26,27). The molecule has 2 unspecified atom stereocenters. The maximum Gasteiger partial charge on any atom is 0.306 e. The van der Waals surface area contributed by atoms with E-state index in [-0.39, 0.29) is 18.1 Å². The Balaban J connectivity index is 1.56. The Labute approximate surface area is 167 Å². The van der Waals surface area contributed by atoms with Crippen LogP contribution in [0.3, 0.4) is 0 Å². The number of aliphatic carboxylic acids is 1. The van der Waals surface area contributed by atoms with Crippen LogP contribution in [-0.4, -0.2) is 46.7 Å². The van der Waals surface area contributed by atoms with E-state index in [1.54, 1.807) is 0 Å². The molecule has 150 valence electrons. The van der Waals surface area contributed by atoms with Crippen LogP contribution in [0.4, 0.5) is 0 Å². The van der Waals surface area contributed by atoms with Crippen LogP contribution in [0.2, 0.25) is 0 Å². The summed E-state index contributed by atoms with van der Waals surface area (Å²) in [4.78, 5) is 18.1. The molecule has 0 spiro atoms. The van der Waals surface area contributed by atoms with Gasteiger partial charge in [-0.15, -0.1) is 0 Å². The minimum atomic E-state index is -0.679. The highest BCUT2D eigenvalue weighted by Crippen LogP contribution is 2.29. The van der Waals surface area contributed by atoms with Crippen LogP contribution in [-0.2, 0) is 9.53 Å². The van der Waals surface area contributed by atoms with Gasteiger partial charge in [-0.2, -0.15) is 0 Å². The van der Waals surface area contributed by atoms with Crippen LogP contribution in [0.1, 0.15) is 50.0 Å². The van der Waals surface area contributed by atoms with E-state index in [0.29, 0.717) is 6.42 Å². The van der Waals surface area contributed by atoms with Crippen LogP contribution in [0, 0.1) is 5.92 Å². The zero-order valence-electron chi connectivity index (χ0n) is 16.5. The molecule has 0 amide bonds. The van der Waals surface area contributed by atoms with Crippen molar-refractivity contribution in [3.05, 3.63) is 66.0 Å². The Morgan fingerprint density at radius 2 is 1.89 bits per heavy atom. The van der Waals surface area contributed by atoms with Crippen LogP contribution in [0.15, 0.2) is 54.7 Å². The Hall–Kier alpha value is -2.24. The maximum atomic E-state index is 11.2. The molecule has 2 atom stereocenters. The fourth-order valence-corrected chi connectivity index (χ4v) is 3.78. The summed E-state index contributed by atoms with van der Waals surface area (Å²) in [6, 6.07) is 16.2. The lowest BCUT2D eigenvalue weighted by atomic mass is 10.0. The van der Waals surface area contributed by atoms with Gasteiger partial charge in [0.25, 0.3) is 0 Å².